The van der Waals surface area contributed by atoms with Gasteiger partial charge in [-0.15, -0.1) is 0 Å². The van der Waals surface area contributed by atoms with E-state index in [1.807, 2.05) is 11.0 Å². The van der Waals surface area contributed by atoms with Gasteiger partial charge in [0.1, 0.15) is 24.0 Å². The van der Waals surface area contributed by atoms with Gasteiger partial charge in [-0.1, -0.05) is 0 Å². The first-order valence-corrected chi connectivity index (χ1v) is 7.85. The highest BCUT2D eigenvalue weighted by atomic mass is 16.5. The summed E-state index contributed by atoms with van der Waals surface area (Å²) in [6.07, 6.45) is 5.84. The number of carbonyl (C=O) groups is 1. The SMILES string of the molecule is CO[C@H]1C[C@@H](C(N)=O)N(c2cc(N3CCCCC3)ncn2)C1. The van der Waals surface area contributed by atoms with Gasteiger partial charge in [-0.25, -0.2) is 9.97 Å². The first-order valence-electron chi connectivity index (χ1n) is 7.85. The first kappa shape index (κ1) is 15.0. The number of hydrogen-bond acceptors (Lipinski definition) is 6. The molecule has 7 nitrogen and oxygen atoms in total. The molecule has 120 valence electrons. The van der Waals surface area contributed by atoms with Crippen molar-refractivity contribution in [1.29, 1.82) is 0 Å². The van der Waals surface area contributed by atoms with Gasteiger partial charge in [-0.3, -0.25) is 4.79 Å². The Morgan fingerprint density at radius 3 is 2.68 bits per heavy atom. The van der Waals surface area contributed by atoms with E-state index in [0.717, 1.165) is 24.7 Å². The third-order valence-electron chi connectivity index (χ3n) is 4.54. The number of nitrogens with zero attached hydrogens (tertiary/aromatic N) is 4. The van der Waals surface area contributed by atoms with E-state index in [2.05, 4.69) is 14.9 Å². The second-order valence-corrected chi connectivity index (χ2v) is 5.95. The molecule has 2 N–H and O–H groups in total. The van der Waals surface area contributed by atoms with Gasteiger partial charge in [0, 0.05) is 39.2 Å². The maximum atomic E-state index is 11.7. The third kappa shape index (κ3) is 2.99. The van der Waals surface area contributed by atoms with Crippen molar-refractivity contribution in [3.63, 3.8) is 0 Å². The van der Waals surface area contributed by atoms with Gasteiger partial charge in [0.05, 0.1) is 6.10 Å². The van der Waals surface area contributed by atoms with Crippen LogP contribution in [-0.2, 0) is 9.53 Å². The summed E-state index contributed by atoms with van der Waals surface area (Å²) in [5.74, 6) is 1.34. The van der Waals surface area contributed by atoms with Crippen molar-refractivity contribution >= 4 is 17.5 Å². The zero-order valence-corrected chi connectivity index (χ0v) is 12.9. The van der Waals surface area contributed by atoms with Crippen molar-refractivity contribution in [2.75, 3.05) is 36.5 Å². The minimum absolute atomic E-state index is 0.00546. The molecular formula is C15H23N5O2. The fraction of sp³-hybridized carbons (Fsp3) is 0.667. The fourth-order valence-electron chi connectivity index (χ4n) is 3.28. The molecule has 3 heterocycles. The van der Waals surface area contributed by atoms with Crippen LogP contribution < -0.4 is 15.5 Å². The van der Waals surface area contributed by atoms with E-state index >= 15 is 0 Å². The van der Waals surface area contributed by atoms with Crippen LogP contribution >= 0.6 is 0 Å². The van der Waals surface area contributed by atoms with Gasteiger partial charge in [-0.05, 0) is 19.3 Å². The molecule has 2 fully saturated rings. The number of carbonyl (C=O) groups excluding carboxylic acids is 1. The Morgan fingerprint density at radius 2 is 2.00 bits per heavy atom. The molecule has 22 heavy (non-hydrogen) atoms. The summed E-state index contributed by atoms with van der Waals surface area (Å²) in [6.45, 7) is 2.67. The van der Waals surface area contributed by atoms with Crippen LogP contribution in [0, 0.1) is 0 Å². The second-order valence-electron chi connectivity index (χ2n) is 5.95. The van der Waals surface area contributed by atoms with Crippen LogP contribution in [0.25, 0.3) is 0 Å². The van der Waals surface area contributed by atoms with Gasteiger partial charge in [0.2, 0.25) is 5.91 Å². The van der Waals surface area contributed by atoms with Crippen LogP contribution in [0.2, 0.25) is 0 Å². The Morgan fingerprint density at radius 1 is 1.27 bits per heavy atom. The molecule has 0 aliphatic carbocycles. The third-order valence-corrected chi connectivity index (χ3v) is 4.54. The smallest absolute Gasteiger partial charge is 0.240 e. The standard InChI is InChI=1S/C15H23N5O2/c1-22-11-7-12(15(16)21)20(9-11)14-8-13(17-10-18-14)19-5-3-2-4-6-19/h8,10-12H,2-7,9H2,1H3,(H2,16,21)/t11-,12-/m0/s1. The van der Waals surface area contributed by atoms with Crippen LogP contribution in [0.1, 0.15) is 25.7 Å². The summed E-state index contributed by atoms with van der Waals surface area (Å²) < 4.78 is 5.39. The average molecular weight is 305 g/mol. The molecule has 3 rings (SSSR count). The van der Waals surface area contributed by atoms with Gasteiger partial charge in [0.15, 0.2) is 0 Å². The van der Waals surface area contributed by atoms with Gasteiger partial charge >= 0.3 is 0 Å². The largest absolute Gasteiger partial charge is 0.380 e. The summed E-state index contributed by atoms with van der Waals surface area (Å²) >= 11 is 0. The van der Waals surface area contributed by atoms with Crippen LogP contribution in [0.4, 0.5) is 11.6 Å². The van der Waals surface area contributed by atoms with E-state index in [1.165, 1.54) is 19.3 Å². The monoisotopic (exact) mass is 305 g/mol. The summed E-state index contributed by atoms with van der Waals surface area (Å²) in [4.78, 5) is 24.6. The maximum Gasteiger partial charge on any atom is 0.240 e. The Bertz CT molecular complexity index is 532. The van der Waals surface area contributed by atoms with Crippen LogP contribution in [0.5, 0.6) is 0 Å². The molecule has 2 saturated heterocycles. The van der Waals surface area contributed by atoms with E-state index in [-0.39, 0.29) is 18.1 Å². The molecule has 2 atom stereocenters. The summed E-state index contributed by atoms with van der Waals surface area (Å²) in [7, 11) is 1.66. The van der Waals surface area contributed by atoms with Crippen LogP contribution in [0.15, 0.2) is 12.4 Å². The number of nitrogens with two attached hydrogens (primary N) is 1. The van der Waals surface area contributed by atoms with E-state index in [4.69, 9.17) is 10.5 Å². The molecular weight excluding hydrogens is 282 g/mol. The van der Waals surface area contributed by atoms with Crippen molar-refractivity contribution < 1.29 is 9.53 Å². The Hall–Kier alpha value is -1.89. The lowest BCUT2D eigenvalue weighted by Crippen LogP contribution is -2.41. The lowest BCUT2D eigenvalue weighted by atomic mass is 10.1. The number of anilines is 2. The van der Waals surface area contributed by atoms with Crippen molar-refractivity contribution in [2.45, 2.75) is 37.8 Å². The zero-order valence-electron chi connectivity index (χ0n) is 12.9. The number of piperidine rings is 1. The second kappa shape index (κ2) is 6.48. The minimum Gasteiger partial charge on any atom is -0.380 e. The lowest BCUT2D eigenvalue weighted by Gasteiger charge is -2.29. The molecule has 0 radical (unpaired) electrons. The number of ether oxygens (including phenoxy) is 1. The normalized spacial score (nSPS) is 25.5. The molecule has 0 aromatic carbocycles. The Kier molecular flexibility index (Phi) is 4.42. The maximum absolute atomic E-state index is 11.7. The minimum atomic E-state index is -0.367. The van der Waals surface area contributed by atoms with E-state index < -0.39 is 0 Å². The van der Waals surface area contributed by atoms with Gasteiger partial charge in [-0.2, -0.15) is 0 Å². The molecule has 0 spiro atoms. The highest BCUT2D eigenvalue weighted by Crippen LogP contribution is 2.28. The summed E-state index contributed by atoms with van der Waals surface area (Å²) in [6, 6.07) is 1.59. The van der Waals surface area contributed by atoms with Crippen molar-refractivity contribution in [3.8, 4) is 0 Å². The highest BCUT2D eigenvalue weighted by Gasteiger charge is 2.36. The molecule has 0 bridgehead atoms. The molecule has 1 aromatic rings. The summed E-state index contributed by atoms with van der Waals surface area (Å²) in [5.41, 5.74) is 5.53. The number of methoxy groups -OCH3 is 1. The zero-order chi connectivity index (χ0) is 15.5. The van der Waals surface area contributed by atoms with E-state index in [1.54, 1.807) is 13.4 Å². The Labute approximate surface area is 130 Å². The van der Waals surface area contributed by atoms with Crippen molar-refractivity contribution in [3.05, 3.63) is 12.4 Å². The number of hydrogen-bond donors (Lipinski definition) is 1. The van der Waals surface area contributed by atoms with Gasteiger partial charge in [0.25, 0.3) is 0 Å². The molecule has 7 heteroatoms. The number of primary amides is 1. The molecule has 0 unspecified atom stereocenters. The fourth-order valence-corrected chi connectivity index (χ4v) is 3.28. The summed E-state index contributed by atoms with van der Waals surface area (Å²) in [5, 5.41) is 0. The van der Waals surface area contributed by atoms with Crippen molar-refractivity contribution in [2.24, 2.45) is 5.73 Å². The van der Waals surface area contributed by atoms with Crippen LogP contribution in [-0.4, -0.2) is 54.8 Å². The molecule has 2 aliphatic rings. The van der Waals surface area contributed by atoms with Crippen LogP contribution in [0.3, 0.4) is 0 Å². The number of amides is 1. The quantitative estimate of drug-likeness (QED) is 0.874. The first-order chi connectivity index (χ1) is 10.7. The molecule has 0 saturated carbocycles. The predicted molar refractivity (Wildman–Crippen MR) is 83.8 cm³/mol. The van der Waals surface area contributed by atoms with Crippen molar-refractivity contribution in [1.82, 2.24) is 9.97 Å². The Balaban J connectivity index is 1.82. The lowest BCUT2D eigenvalue weighted by molar-refractivity contribution is -0.119. The predicted octanol–water partition coefficient (Wildman–Crippen LogP) is 0.546. The average Bonchev–Trinajstić information content (AvgIpc) is 3.00. The molecule has 1 amide bonds. The number of aromatic nitrogens is 2. The molecule has 2 aliphatic heterocycles. The van der Waals surface area contributed by atoms with E-state index in [9.17, 15) is 4.79 Å². The number of rotatable bonds is 4. The highest BCUT2D eigenvalue weighted by molar-refractivity contribution is 5.84. The van der Waals surface area contributed by atoms with Gasteiger partial charge < -0.3 is 20.3 Å². The molecule has 1 aromatic heterocycles. The topological polar surface area (TPSA) is 84.6 Å². The van der Waals surface area contributed by atoms with E-state index in [0.29, 0.717) is 13.0 Å².